The van der Waals surface area contributed by atoms with Crippen LogP contribution in [0.1, 0.15) is 26.7 Å². The van der Waals surface area contributed by atoms with Crippen molar-refractivity contribution >= 4 is 17.6 Å². The summed E-state index contributed by atoms with van der Waals surface area (Å²) in [6.07, 6.45) is 1.23. The van der Waals surface area contributed by atoms with Crippen LogP contribution in [0.4, 0.5) is 4.39 Å². The van der Waals surface area contributed by atoms with Gasteiger partial charge in [-0.3, -0.25) is 14.4 Å². The van der Waals surface area contributed by atoms with Gasteiger partial charge in [0.05, 0.1) is 12.5 Å². The van der Waals surface area contributed by atoms with Gasteiger partial charge in [0, 0.05) is 19.5 Å². The summed E-state index contributed by atoms with van der Waals surface area (Å²) in [7, 11) is 0. The Morgan fingerprint density at radius 3 is 2.62 bits per heavy atom. The number of nitrogens with zero attached hydrogens (tertiary/aromatic N) is 1. The van der Waals surface area contributed by atoms with Gasteiger partial charge in [0.15, 0.2) is 6.67 Å². The molecule has 2 atom stereocenters. The quantitative estimate of drug-likeness (QED) is 0.611. The highest BCUT2D eigenvalue weighted by Crippen LogP contribution is 2.12. The second kappa shape index (κ2) is 8.07. The number of nitrogens with one attached hydrogen (secondary N) is 1. The van der Waals surface area contributed by atoms with Crippen molar-refractivity contribution in [3.8, 4) is 0 Å². The van der Waals surface area contributed by atoms with Crippen molar-refractivity contribution in [1.29, 1.82) is 0 Å². The third kappa shape index (κ3) is 5.41. The van der Waals surface area contributed by atoms with Crippen LogP contribution in [0.2, 0.25) is 0 Å². The number of hydrogen-bond donors (Lipinski definition) is 2. The molecule has 2 amide bonds. The van der Waals surface area contributed by atoms with Crippen molar-refractivity contribution in [2.45, 2.75) is 32.7 Å². The molecule has 6 nitrogen and oxygen atoms in total. The van der Waals surface area contributed by atoms with Gasteiger partial charge in [-0.1, -0.05) is 13.8 Å². The van der Waals surface area contributed by atoms with Crippen LogP contribution in [0.15, 0.2) is 0 Å². The van der Waals surface area contributed by atoms with Gasteiger partial charge in [-0.25, -0.2) is 4.39 Å². The molecular weight excluding hydrogens is 277 g/mol. The Hall–Kier alpha value is -1.50. The topological polar surface area (TPSA) is 94.1 Å². The largest absolute Gasteiger partial charge is 0.356 e. The van der Waals surface area contributed by atoms with Gasteiger partial charge in [0.1, 0.15) is 6.04 Å². The molecule has 0 unspecified atom stereocenters. The molecule has 0 aromatic rings. The second-order valence-corrected chi connectivity index (χ2v) is 5.98. The van der Waals surface area contributed by atoms with E-state index < -0.39 is 18.6 Å². The normalized spacial score (nSPS) is 19.5. The molecule has 1 aliphatic rings. The van der Waals surface area contributed by atoms with E-state index in [-0.39, 0.29) is 30.7 Å². The minimum absolute atomic E-state index is 0.0920. The molecule has 7 heteroatoms. The number of carbonyl (C=O) groups is 3. The molecule has 4 N–H and O–H groups in total. The van der Waals surface area contributed by atoms with Crippen LogP contribution >= 0.6 is 0 Å². The summed E-state index contributed by atoms with van der Waals surface area (Å²) in [4.78, 5) is 36.4. The average Bonchev–Trinajstić information content (AvgIpc) is 2.81. The van der Waals surface area contributed by atoms with Gasteiger partial charge in [0.2, 0.25) is 11.7 Å². The lowest BCUT2D eigenvalue weighted by Crippen LogP contribution is -2.67. The van der Waals surface area contributed by atoms with Crippen LogP contribution in [-0.4, -0.2) is 54.8 Å². The van der Waals surface area contributed by atoms with E-state index in [0.29, 0.717) is 25.3 Å². The van der Waals surface area contributed by atoms with Crippen molar-refractivity contribution in [1.82, 2.24) is 10.2 Å². The fraction of sp³-hybridized carbons (Fsp3) is 0.786. The van der Waals surface area contributed by atoms with Crippen LogP contribution < -0.4 is 11.1 Å². The zero-order chi connectivity index (χ0) is 16.0. The Morgan fingerprint density at radius 2 is 2.14 bits per heavy atom. The Kier molecular flexibility index (Phi) is 6.74. The Morgan fingerprint density at radius 1 is 1.48 bits per heavy atom. The van der Waals surface area contributed by atoms with E-state index in [1.54, 1.807) is 0 Å². The predicted octanol–water partition coefficient (Wildman–Crippen LogP) is -0.854. The van der Waals surface area contributed by atoms with Crippen molar-refractivity contribution in [3.63, 3.8) is 0 Å². The Bertz CT molecular complexity index is 401. The van der Waals surface area contributed by atoms with Crippen molar-refractivity contribution in [2.24, 2.45) is 11.8 Å². The first-order chi connectivity index (χ1) is 9.85. The molecule has 0 radical (unpaired) electrons. The molecule has 21 heavy (non-hydrogen) atoms. The zero-order valence-corrected chi connectivity index (χ0v) is 12.7. The molecule has 0 saturated carbocycles. The maximum absolute atomic E-state index is 12.7. The summed E-state index contributed by atoms with van der Waals surface area (Å²) in [6, 6.07) is -0.419. The number of Topliss-reactive ketones (excluding diaryl/α,β-unsaturated/α-hetero) is 1. The van der Waals surface area contributed by atoms with E-state index in [1.807, 2.05) is 13.8 Å². The number of quaternary nitrogens is 1. The number of carbonyl (C=O) groups excluding carboxylic acids is 3. The summed E-state index contributed by atoms with van der Waals surface area (Å²) >= 11 is 0. The number of alkyl halides is 1. The fourth-order valence-corrected chi connectivity index (χ4v) is 2.44. The van der Waals surface area contributed by atoms with Crippen LogP contribution in [-0.2, 0) is 14.4 Å². The predicted molar refractivity (Wildman–Crippen MR) is 74.8 cm³/mol. The first kappa shape index (κ1) is 17.6. The van der Waals surface area contributed by atoms with Crippen molar-refractivity contribution < 1.29 is 24.5 Å². The Labute approximate surface area is 124 Å². The summed E-state index contributed by atoms with van der Waals surface area (Å²) in [5.74, 6) is -1.12. The van der Waals surface area contributed by atoms with E-state index in [0.717, 1.165) is 4.90 Å². The molecule has 1 rings (SSSR count). The third-order valence-electron chi connectivity index (χ3n) is 3.63. The molecule has 0 bridgehead atoms. The molecule has 0 spiro atoms. The number of amides is 2. The standard InChI is InChI=1S/C14H24FN3O3/c1-9(2)5-11(16)12(19)8-18(13(20)6-15)7-10-3-4-17-14(10)21/h9-11H,3-8,16H2,1-2H3,(H,17,21)/p+1/t10-,11-/m0/s1. The number of halogens is 1. The summed E-state index contributed by atoms with van der Waals surface area (Å²) in [5.41, 5.74) is 3.80. The number of hydrogen-bond acceptors (Lipinski definition) is 3. The molecule has 1 saturated heterocycles. The highest BCUT2D eigenvalue weighted by Gasteiger charge is 2.30. The molecule has 1 aliphatic heterocycles. The van der Waals surface area contributed by atoms with E-state index >= 15 is 0 Å². The third-order valence-corrected chi connectivity index (χ3v) is 3.63. The minimum atomic E-state index is -1.16. The smallest absolute Gasteiger partial charge is 0.254 e. The summed E-state index contributed by atoms with van der Waals surface area (Å²) in [6.45, 7) is 3.29. The average molecular weight is 302 g/mol. The molecule has 1 fully saturated rings. The van der Waals surface area contributed by atoms with Crippen molar-refractivity contribution in [2.75, 3.05) is 26.3 Å². The van der Waals surface area contributed by atoms with E-state index in [4.69, 9.17) is 0 Å². The van der Waals surface area contributed by atoms with Crippen LogP contribution in [0.25, 0.3) is 0 Å². The van der Waals surface area contributed by atoms with Gasteiger partial charge in [-0.2, -0.15) is 0 Å². The maximum atomic E-state index is 12.7. The zero-order valence-electron chi connectivity index (χ0n) is 12.7. The number of ketones is 1. The summed E-state index contributed by atoms with van der Waals surface area (Å²) in [5, 5.41) is 2.67. The van der Waals surface area contributed by atoms with Gasteiger partial charge in [-0.05, 0) is 12.3 Å². The lowest BCUT2D eigenvalue weighted by molar-refractivity contribution is -0.406. The monoisotopic (exact) mass is 302 g/mol. The first-order valence-electron chi connectivity index (χ1n) is 7.32. The minimum Gasteiger partial charge on any atom is -0.356 e. The van der Waals surface area contributed by atoms with Crippen molar-refractivity contribution in [3.05, 3.63) is 0 Å². The maximum Gasteiger partial charge on any atom is 0.254 e. The highest BCUT2D eigenvalue weighted by molar-refractivity contribution is 5.89. The van der Waals surface area contributed by atoms with Crippen LogP contribution in [0.3, 0.4) is 0 Å². The fourth-order valence-electron chi connectivity index (χ4n) is 2.44. The van der Waals surface area contributed by atoms with E-state index in [2.05, 4.69) is 11.1 Å². The SMILES string of the molecule is CC(C)C[C@H]([NH3+])C(=O)CN(C[C@@H]1CCNC1=O)C(=O)CF. The highest BCUT2D eigenvalue weighted by atomic mass is 19.1. The van der Waals surface area contributed by atoms with Crippen LogP contribution in [0, 0.1) is 11.8 Å². The second-order valence-electron chi connectivity index (χ2n) is 5.98. The van der Waals surface area contributed by atoms with Gasteiger partial charge in [-0.15, -0.1) is 0 Å². The van der Waals surface area contributed by atoms with Gasteiger partial charge < -0.3 is 16.0 Å². The lowest BCUT2D eigenvalue weighted by Gasteiger charge is -2.24. The van der Waals surface area contributed by atoms with Gasteiger partial charge >= 0.3 is 0 Å². The van der Waals surface area contributed by atoms with E-state index in [9.17, 15) is 18.8 Å². The molecular formula is C14H25FN3O3+. The Balaban J connectivity index is 2.63. The lowest BCUT2D eigenvalue weighted by atomic mass is 10.0. The molecule has 0 aliphatic carbocycles. The molecule has 1 heterocycles. The molecule has 0 aromatic carbocycles. The van der Waals surface area contributed by atoms with Gasteiger partial charge in [0.25, 0.3) is 5.91 Å². The first-order valence-corrected chi connectivity index (χ1v) is 7.32. The van der Waals surface area contributed by atoms with Crippen LogP contribution in [0.5, 0.6) is 0 Å². The van der Waals surface area contributed by atoms with E-state index in [1.165, 1.54) is 0 Å². The molecule has 120 valence electrons. The number of rotatable bonds is 8. The molecule has 0 aromatic heterocycles. The summed E-state index contributed by atoms with van der Waals surface area (Å²) < 4.78 is 12.7.